The number of hydrogen-bond donors (Lipinski definition) is 1. The number of nitrogens with zero attached hydrogens (tertiary/aromatic N) is 2. The summed E-state index contributed by atoms with van der Waals surface area (Å²) in [6.45, 7) is 0. The Morgan fingerprint density at radius 2 is 1.95 bits per heavy atom. The third-order valence-electron chi connectivity index (χ3n) is 3.54. The van der Waals surface area contributed by atoms with Gasteiger partial charge in [-0.25, -0.2) is 13.1 Å². The van der Waals surface area contributed by atoms with E-state index in [1.807, 2.05) is 0 Å². The number of halogens is 2. The van der Waals surface area contributed by atoms with E-state index in [2.05, 4.69) is 5.10 Å². The third-order valence-corrected chi connectivity index (χ3v) is 5.92. The monoisotopic (exact) mass is 345 g/mol. The van der Waals surface area contributed by atoms with Gasteiger partial charge in [-0.15, -0.1) is 0 Å². The van der Waals surface area contributed by atoms with Crippen molar-refractivity contribution in [1.29, 1.82) is 0 Å². The molecule has 5 nitrogen and oxygen atoms in total. The molecule has 112 valence electrons. The summed E-state index contributed by atoms with van der Waals surface area (Å²) >= 11 is 12.3. The van der Waals surface area contributed by atoms with Crippen LogP contribution in [0.3, 0.4) is 0 Å². The van der Waals surface area contributed by atoms with Gasteiger partial charge in [-0.05, 0) is 18.6 Å². The van der Waals surface area contributed by atoms with Crippen LogP contribution in [0, 0.1) is 0 Å². The Labute approximate surface area is 132 Å². The van der Waals surface area contributed by atoms with Crippen molar-refractivity contribution in [3.05, 3.63) is 34.3 Å². The van der Waals surface area contributed by atoms with E-state index in [-0.39, 0.29) is 17.5 Å². The zero-order valence-corrected chi connectivity index (χ0v) is 13.3. The molecule has 0 bridgehead atoms. The highest BCUT2D eigenvalue weighted by molar-refractivity contribution is 7.91. The average Bonchev–Trinajstić information content (AvgIpc) is 2.92. The number of nitrogens with two attached hydrogens (primary N) is 1. The van der Waals surface area contributed by atoms with Crippen molar-refractivity contribution in [2.45, 2.75) is 12.5 Å². The molecule has 1 aliphatic rings. The van der Waals surface area contributed by atoms with Gasteiger partial charge in [0.15, 0.2) is 9.84 Å². The smallest absolute Gasteiger partial charge is 0.152 e. The van der Waals surface area contributed by atoms with E-state index in [1.54, 1.807) is 28.9 Å². The highest BCUT2D eigenvalue weighted by Gasteiger charge is 2.31. The second kappa shape index (κ2) is 5.19. The van der Waals surface area contributed by atoms with Gasteiger partial charge >= 0.3 is 0 Å². The Hall–Kier alpha value is -1.24. The molecular formula is C13H13Cl2N3O2S. The van der Waals surface area contributed by atoms with Gasteiger partial charge in [0.2, 0.25) is 0 Å². The molecule has 0 amide bonds. The predicted molar refractivity (Wildman–Crippen MR) is 84.4 cm³/mol. The maximum Gasteiger partial charge on any atom is 0.152 e. The molecule has 1 aliphatic heterocycles. The molecule has 1 fully saturated rings. The van der Waals surface area contributed by atoms with Crippen LogP contribution in [0.5, 0.6) is 0 Å². The zero-order valence-electron chi connectivity index (χ0n) is 11.0. The molecule has 0 aliphatic carbocycles. The third kappa shape index (κ3) is 2.75. The second-order valence-electron chi connectivity index (χ2n) is 5.05. The first-order valence-electron chi connectivity index (χ1n) is 6.37. The van der Waals surface area contributed by atoms with Crippen LogP contribution < -0.4 is 5.73 Å². The summed E-state index contributed by atoms with van der Waals surface area (Å²) in [4.78, 5) is 0. The minimum atomic E-state index is -3.00. The van der Waals surface area contributed by atoms with Crippen LogP contribution in [0.15, 0.2) is 24.3 Å². The van der Waals surface area contributed by atoms with Crippen molar-refractivity contribution < 1.29 is 8.42 Å². The van der Waals surface area contributed by atoms with Crippen LogP contribution >= 0.6 is 23.2 Å². The van der Waals surface area contributed by atoms with E-state index in [1.165, 1.54) is 0 Å². The molecule has 0 spiro atoms. The van der Waals surface area contributed by atoms with E-state index in [0.717, 1.165) is 0 Å². The first-order chi connectivity index (χ1) is 9.87. The Morgan fingerprint density at radius 1 is 1.29 bits per heavy atom. The molecule has 2 heterocycles. The van der Waals surface area contributed by atoms with E-state index >= 15 is 0 Å². The lowest BCUT2D eigenvalue weighted by Crippen LogP contribution is -2.14. The largest absolute Gasteiger partial charge is 0.384 e. The van der Waals surface area contributed by atoms with Crippen molar-refractivity contribution in [3.63, 3.8) is 0 Å². The van der Waals surface area contributed by atoms with Crippen molar-refractivity contribution >= 4 is 38.9 Å². The summed E-state index contributed by atoms with van der Waals surface area (Å²) in [5, 5.41) is 5.36. The quantitative estimate of drug-likeness (QED) is 0.907. The van der Waals surface area contributed by atoms with E-state index in [9.17, 15) is 8.42 Å². The van der Waals surface area contributed by atoms with E-state index < -0.39 is 9.84 Å². The molecule has 0 saturated carbocycles. The van der Waals surface area contributed by atoms with E-state index in [4.69, 9.17) is 28.9 Å². The highest BCUT2D eigenvalue weighted by Crippen LogP contribution is 2.36. The minimum absolute atomic E-state index is 0.0641. The minimum Gasteiger partial charge on any atom is -0.384 e. The van der Waals surface area contributed by atoms with Gasteiger partial charge in [0, 0.05) is 11.6 Å². The number of nitrogen functional groups attached to an aromatic ring is 1. The number of benzene rings is 1. The maximum atomic E-state index is 11.6. The van der Waals surface area contributed by atoms with E-state index in [0.29, 0.717) is 33.5 Å². The fourth-order valence-electron chi connectivity index (χ4n) is 2.53. The van der Waals surface area contributed by atoms with Gasteiger partial charge < -0.3 is 5.73 Å². The van der Waals surface area contributed by atoms with Crippen molar-refractivity contribution in [1.82, 2.24) is 9.78 Å². The molecule has 21 heavy (non-hydrogen) atoms. The molecule has 8 heteroatoms. The van der Waals surface area contributed by atoms with Gasteiger partial charge in [-0.3, -0.25) is 0 Å². The SMILES string of the molecule is Nc1cc(-c2c(Cl)cccc2Cl)nn1C1CCS(=O)(=O)C1. The number of anilines is 1. The Bertz CT molecular complexity index is 781. The summed E-state index contributed by atoms with van der Waals surface area (Å²) in [5.41, 5.74) is 7.12. The Morgan fingerprint density at radius 3 is 2.52 bits per heavy atom. The molecule has 2 N–H and O–H groups in total. The zero-order chi connectivity index (χ0) is 15.2. The van der Waals surface area contributed by atoms with Gasteiger partial charge in [0.25, 0.3) is 0 Å². The number of hydrogen-bond acceptors (Lipinski definition) is 4. The van der Waals surface area contributed by atoms with Gasteiger partial charge in [0.05, 0.1) is 33.3 Å². The molecule has 0 radical (unpaired) electrons. The summed E-state index contributed by atoms with van der Waals surface area (Å²) < 4.78 is 24.7. The maximum absolute atomic E-state index is 11.6. The summed E-state index contributed by atoms with van der Waals surface area (Å²) in [6, 6.07) is 6.62. The molecule has 1 atom stereocenters. The van der Waals surface area contributed by atoms with Gasteiger partial charge in [0.1, 0.15) is 5.82 Å². The summed E-state index contributed by atoms with van der Waals surface area (Å²) in [5.74, 6) is 0.636. The summed E-state index contributed by atoms with van der Waals surface area (Å²) in [6.07, 6.45) is 0.518. The van der Waals surface area contributed by atoms with Crippen LogP contribution in [0.4, 0.5) is 5.82 Å². The Kier molecular flexibility index (Phi) is 3.63. The van der Waals surface area contributed by atoms with Crippen molar-refractivity contribution in [2.75, 3.05) is 17.2 Å². The lowest BCUT2D eigenvalue weighted by atomic mass is 10.1. The molecule has 1 aromatic heterocycles. The van der Waals surface area contributed by atoms with Crippen molar-refractivity contribution in [2.24, 2.45) is 0 Å². The topological polar surface area (TPSA) is 78.0 Å². The van der Waals surface area contributed by atoms with Crippen LogP contribution in [0.2, 0.25) is 10.0 Å². The second-order valence-corrected chi connectivity index (χ2v) is 8.10. The fraction of sp³-hybridized carbons (Fsp3) is 0.308. The van der Waals surface area contributed by atoms with Gasteiger partial charge in [-0.1, -0.05) is 29.3 Å². The highest BCUT2D eigenvalue weighted by atomic mass is 35.5. The fourth-order valence-corrected chi connectivity index (χ4v) is 4.82. The predicted octanol–water partition coefficient (Wildman–Crippen LogP) is 2.80. The number of aromatic nitrogens is 2. The lowest BCUT2D eigenvalue weighted by Gasteiger charge is -2.10. The molecule has 1 unspecified atom stereocenters. The van der Waals surface area contributed by atoms with Crippen LogP contribution in [0.25, 0.3) is 11.3 Å². The van der Waals surface area contributed by atoms with Crippen LogP contribution in [-0.4, -0.2) is 29.7 Å². The lowest BCUT2D eigenvalue weighted by molar-refractivity contribution is 0.508. The van der Waals surface area contributed by atoms with Gasteiger partial charge in [-0.2, -0.15) is 5.10 Å². The van der Waals surface area contributed by atoms with Crippen LogP contribution in [-0.2, 0) is 9.84 Å². The number of rotatable bonds is 2. The first-order valence-corrected chi connectivity index (χ1v) is 8.95. The van der Waals surface area contributed by atoms with Crippen LogP contribution in [0.1, 0.15) is 12.5 Å². The first kappa shape index (κ1) is 14.7. The van der Waals surface area contributed by atoms with Crippen molar-refractivity contribution in [3.8, 4) is 11.3 Å². The molecule has 3 rings (SSSR count). The molecule has 1 saturated heterocycles. The normalized spacial score (nSPS) is 20.8. The molecule has 2 aromatic rings. The Balaban J connectivity index is 2.03. The molecule has 1 aromatic carbocycles. The average molecular weight is 346 g/mol. The summed E-state index contributed by atoms with van der Waals surface area (Å²) in [7, 11) is -3.00. The number of sulfone groups is 1. The molecular weight excluding hydrogens is 333 g/mol. The standard InChI is InChI=1S/C13H13Cl2N3O2S/c14-9-2-1-3-10(15)13(9)11-6-12(16)18(17-11)8-4-5-21(19,20)7-8/h1-3,6,8H,4-5,7,16H2.